The third-order valence-corrected chi connectivity index (χ3v) is 4.37. The van der Waals surface area contributed by atoms with E-state index in [0.29, 0.717) is 11.3 Å². The molecule has 0 aromatic heterocycles. The molecule has 0 aromatic carbocycles. The first kappa shape index (κ1) is 13.8. The maximum atomic E-state index is 11.9. The Hall–Kier alpha value is -0.220. The van der Waals surface area contributed by atoms with E-state index in [4.69, 9.17) is 5.73 Å². The van der Waals surface area contributed by atoms with E-state index in [1.54, 1.807) is 0 Å². The normalized spacial score (nSPS) is 27.8. The molecule has 4 heteroatoms. The molecular weight excluding hydrogens is 220 g/mol. The van der Waals surface area contributed by atoms with Crippen LogP contribution in [0.5, 0.6) is 0 Å². The van der Waals surface area contributed by atoms with Gasteiger partial charge in [0.25, 0.3) is 0 Å². The van der Waals surface area contributed by atoms with E-state index in [1.165, 1.54) is 6.42 Å². The molecule has 0 bridgehead atoms. The van der Waals surface area contributed by atoms with E-state index < -0.39 is 6.04 Å². The van der Waals surface area contributed by atoms with Crippen LogP contribution in [0.4, 0.5) is 0 Å². The van der Waals surface area contributed by atoms with Crippen molar-refractivity contribution in [2.75, 3.05) is 6.26 Å². The number of carbonyl (C=O) groups is 1. The van der Waals surface area contributed by atoms with Crippen molar-refractivity contribution in [1.82, 2.24) is 5.32 Å². The fourth-order valence-corrected chi connectivity index (χ4v) is 2.77. The summed E-state index contributed by atoms with van der Waals surface area (Å²) in [5.41, 5.74) is 5.76. The highest BCUT2D eigenvalue weighted by Gasteiger charge is 2.31. The molecule has 0 radical (unpaired) electrons. The number of hydrogen-bond donors (Lipinski definition) is 2. The zero-order valence-corrected chi connectivity index (χ0v) is 11.6. The van der Waals surface area contributed by atoms with Crippen molar-refractivity contribution in [3.05, 3.63) is 0 Å². The summed E-state index contributed by atoms with van der Waals surface area (Å²) in [5.74, 6) is -0.000692. The van der Waals surface area contributed by atoms with E-state index >= 15 is 0 Å². The summed E-state index contributed by atoms with van der Waals surface area (Å²) in [5, 5.41) is 3.78. The van der Waals surface area contributed by atoms with Crippen molar-refractivity contribution < 1.29 is 4.79 Å². The van der Waals surface area contributed by atoms with Crippen LogP contribution >= 0.6 is 11.8 Å². The van der Waals surface area contributed by atoms with E-state index in [-0.39, 0.29) is 11.3 Å². The van der Waals surface area contributed by atoms with Gasteiger partial charge in [0.2, 0.25) is 5.91 Å². The van der Waals surface area contributed by atoms with Gasteiger partial charge in [0.15, 0.2) is 0 Å². The molecule has 1 amide bonds. The Morgan fingerprint density at radius 3 is 2.50 bits per heavy atom. The smallest absolute Gasteiger partial charge is 0.237 e. The molecule has 0 aliphatic heterocycles. The zero-order valence-electron chi connectivity index (χ0n) is 10.7. The summed E-state index contributed by atoms with van der Waals surface area (Å²) in [6, 6.07) is -0.0841. The van der Waals surface area contributed by atoms with Crippen molar-refractivity contribution in [2.24, 2.45) is 11.1 Å². The van der Waals surface area contributed by atoms with Gasteiger partial charge in [-0.05, 0) is 30.9 Å². The highest BCUT2D eigenvalue weighted by molar-refractivity contribution is 7.99. The average molecular weight is 244 g/mol. The largest absolute Gasteiger partial charge is 0.352 e. The molecule has 0 spiro atoms. The van der Waals surface area contributed by atoms with Crippen LogP contribution in [0.25, 0.3) is 0 Å². The van der Waals surface area contributed by atoms with Crippen LogP contribution in [0.3, 0.4) is 0 Å². The summed E-state index contributed by atoms with van der Waals surface area (Å²) in [7, 11) is 0. The van der Waals surface area contributed by atoms with Crippen molar-refractivity contribution in [3.8, 4) is 0 Å². The molecule has 3 N–H and O–H groups in total. The predicted octanol–water partition coefficient (Wildman–Crippen LogP) is 1.76. The molecule has 0 saturated heterocycles. The second-order valence-corrected chi connectivity index (χ2v) is 6.86. The van der Waals surface area contributed by atoms with Crippen LogP contribution < -0.4 is 11.1 Å². The van der Waals surface area contributed by atoms with Crippen molar-refractivity contribution in [1.29, 1.82) is 0 Å². The van der Waals surface area contributed by atoms with E-state index in [2.05, 4.69) is 11.6 Å². The lowest BCUT2D eigenvalue weighted by atomic mass is 9.87. The van der Waals surface area contributed by atoms with Crippen molar-refractivity contribution in [2.45, 2.75) is 57.4 Å². The molecule has 1 fully saturated rings. The molecule has 1 rings (SSSR count). The first-order valence-electron chi connectivity index (χ1n) is 5.93. The standard InChI is InChI=1S/C12H24N2OS/c1-12(2,3)10(13)11(15)14-8-5-6-9(7-8)16-4/h8-10H,5-7,13H2,1-4H3,(H,14,15)/t8?,9?,10-/m0/s1. The first-order chi connectivity index (χ1) is 7.34. The number of nitrogens with two attached hydrogens (primary N) is 1. The van der Waals surface area contributed by atoms with Crippen LogP contribution in [0, 0.1) is 5.41 Å². The summed E-state index contributed by atoms with van der Waals surface area (Å²) in [6.45, 7) is 5.99. The second-order valence-electron chi connectivity index (χ2n) is 5.72. The summed E-state index contributed by atoms with van der Waals surface area (Å²) in [6.07, 6.45) is 5.52. The molecule has 1 aliphatic rings. The minimum Gasteiger partial charge on any atom is -0.352 e. The van der Waals surface area contributed by atoms with Crippen LogP contribution in [0.1, 0.15) is 40.0 Å². The monoisotopic (exact) mass is 244 g/mol. The molecule has 0 aromatic rings. The molecule has 1 saturated carbocycles. The van der Waals surface area contributed by atoms with Crippen molar-refractivity contribution >= 4 is 17.7 Å². The Kier molecular flexibility index (Phi) is 4.68. The van der Waals surface area contributed by atoms with Gasteiger partial charge in [-0.2, -0.15) is 11.8 Å². The summed E-state index contributed by atoms with van der Waals surface area (Å²) in [4.78, 5) is 11.9. The molecule has 16 heavy (non-hydrogen) atoms. The number of amides is 1. The number of thioether (sulfide) groups is 1. The maximum Gasteiger partial charge on any atom is 0.237 e. The third kappa shape index (κ3) is 3.67. The van der Waals surface area contributed by atoms with Gasteiger partial charge < -0.3 is 11.1 Å². The minimum absolute atomic E-state index is 0.000692. The Labute approximate surface area is 103 Å². The highest BCUT2D eigenvalue weighted by Crippen LogP contribution is 2.28. The Morgan fingerprint density at radius 1 is 1.44 bits per heavy atom. The number of rotatable bonds is 3. The molecule has 94 valence electrons. The second kappa shape index (κ2) is 5.41. The van der Waals surface area contributed by atoms with E-state index in [1.807, 2.05) is 32.5 Å². The van der Waals surface area contributed by atoms with Gasteiger partial charge >= 0.3 is 0 Å². The van der Waals surface area contributed by atoms with Gasteiger partial charge in [-0.15, -0.1) is 0 Å². The van der Waals surface area contributed by atoms with Gasteiger partial charge in [-0.1, -0.05) is 20.8 Å². The van der Waals surface area contributed by atoms with Gasteiger partial charge in [0, 0.05) is 11.3 Å². The van der Waals surface area contributed by atoms with Crippen LogP contribution in [-0.2, 0) is 4.79 Å². The van der Waals surface area contributed by atoms with Crippen LogP contribution in [0.15, 0.2) is 0 Å². The van der Waals surface area contributed by atoms with Gasteiger partial charge in [0.1, 0.15) is 0 Å². The topological polar surface area (TPSA) is 55.1 Å². The molecule has 0 heterocycles. The molecule has 3 atom stereocenters. The SMILES string of the molecule is CSC1CCC(NC(=O)[C@H](N)C(C)(C)C)C1. The number of carbonyl (C=O) groups excluding carboxylic acids is 1. The van der Waals surface area contributed by atoms with Crippen LogP contribution in [-0.4, -0.2) is 29.5 Å². The number of hydrogen-bond acceptors (Lipinski definition) is 3. The molecule has 1 aliphatic carbocycles. The maximum absolute atomic E-state index is 11.9. The lowest BCUT2D eigenvalue weighted by Crippen LogP contribution is -2.50. The fraction of sp³-hybridized carbons (Fsp3) is 0.917. The lowest BCUT2D eigenvalue weighted by molar-refractivity contribution is -0.125. The van der Waals surface area contributed by atoms with Gasteiger partial charge in [0.05, 0.1) is 6.04 Å². The van der Waals surface area contributed by atoms with Gasteiger partial charge in [-0.25, -0.2) is 0 Å². The number of nitrogens with one attached hydrogen (secondary N) is 1. The Bertz CT molecular complexity index is 250. The average Bonchev–Trinajstić information content (AvgIpc) is 2.63. The summed E-state index contributed by atoms with van der Waals surface area (Å²) < 4.78 is 0. The predicted molar refractivity (Wildman–Crippen MR) is 70.5 cm³/mol. The fourth-order valence-electron chi connectivity index (χ4n) is 1.97. The lowest BCUT2D eigenvalue weighted by Gasteiger charge is -2.27. The quantitative estimate of drug-likeness (QED) is 0.795. The van der Waals surface area contributed by atoms with E-state index in [9.17, 15) is 4.79 Å². The highest BCUT2D eigenvalue weighted by atomic mass is 32.2. The Balaban J connectivity index is 2.41. The van der Waals surface area contributed by atoms with Gasteiger partial charge in [-0.3, -0.25) is 4.79 Å². The van der Waals surface area contributed by atoms with Crippen molar-refractivity contribution in [3.63, 3.8) is 0 Å². The zero-order chi connectivity index (χ0) is 12.3. The Morgan fingerprint density at radius 2 is 2.06 bits per heavy atom. The third-order valence-electron chi connectivity index (χ3n) is 3.28. The minimum atomic E-state index is -0.416. The first-order valence-corrected chi connectivity index (χ1v) is 7.22. The van der Waals surface area contributed by atoms with E-state index in [0.717, 1.165) is 12.8 Å². The molecular formula is C12H24N2OS. The molecule has 2 unspecified atom stereocenters. The molecule has 3 nitrogen and oxygen atoms in total. The van der Waals surface area contributed by atoms with Crippen LogP contribution in [0.2, 0.25) is 0 Å². The summed E-state index contributed by atoms with van der Waals surface area (Å²) >= 11 is 1.89.